The van der Waals surface area contributed by atoms with Crippen LogP contribution in [0.4, 0.5) is 0 Å². The van der Waals surface area contributed by atoms with E-state index in [-0.39, 0.29) is 0 Å². The van der Waals surface area contributed by atoms with Crippen molar-refractivity contribution in [1.29, 1.82) is 0 Å². The molecule has 0 saturated carbocycles. The molecule has 0 saturated heterocycles. The summed E-state index contributed by atoms with van der Waals surface area (Å²) in [7, 11) is 3.93. The molecule has 2 nitrogen and oxygen atoms in total. The predicted molar refractivity (Wildman–Crippen MR) is 36.8 cm³/mol. The second-order valence-corrected chi connectivity index (χ2v) is 1.90. The van der Waals surface area contributed by atoms with E-state index < -0.39 is 0 Å². The van der Waals surface area contributed by atoms with Crippen LogP contribution in [0.3, 0.4) is 0 Å². The molecule has 0 aliphatic heterocycles. The maximum Gasteiger partial charge on any atom is 0.0502 e. The summed E-state index contributed by atoms with van der Waals surface area (Å²) in [5, 5.41) is 0. The van der Waals surface area contributed by atoms with Crippen LogP contribution in [0.5, 0.6) is 0 Å². The Labute approximate surface area is 52.8 Å². The molecular weight excluding hydrogens is 123 g/mol. The highest BCUT2D eigenvalue weighted by Crippen LogP contribution is 1.92. The normalized spacial score (nSPS) is 9.75. The standard InChI is InChI=1S/C5H13O2P/c1-6-4-2-3-5-7-8/h2-5,8H2,1H3. The Bertz CT molecular complexity index is 35.4. The third-order valence-electron chi connectivity index (χ3n) is 0.861. The van der Waals surface area contributed by atoms with E-state index in [1.807, 2.05) is 0 Å². The van der Waals surface area contributed by atoms with Gasteiger partial charge >= 0.3 is 0 Å². The molecule has 0 bridgehead atoms. The number of unbranched alkanes of at least 4 members (excludes halogenated alkanes) is 1. The van der Waals surface area contributed by atoms with Crippen molar-refractivity contribution in [2.75, 3.05) is 20.3 Å². The predicted octanol–water partition coefficient (Wildman–Crippen LogP) is 1.22. The fourth-order valence-electron chi connectivity index (χ4n) is 0.432. The fraction of sp³-hybridized carbons (Fsp3) is 1.00. The molecule has 50 valence electrons. The number of ether oxygens (including phenoxy) is 1. The van der Waals surface area contributed by atoms with Gasteiger partial charge in [0.1, 0.15) is 0 Å². The molecule has 0 aliphatic carbocycles. The van der Waals surface area contributed by atoms with Gasteiger partial charge in [0.15, 0.2) is 0 Å². The Morgan fingerprint density at radius 1 is 1.25 bits per heavy atom. The van der Waals surface area contributed by atoms with Crippen molar-refractivity contribution >= 4 is 9.47 Å². The van der Waals surface area contributed by atoms with Crippen LogP contribution in [0.25, 0.3) is 0 Å². The highest BCUT2D eigenvalue weighted by molar-refractivity contribution is 7.09. The quantitative estimate of drug-likeness (QED) is 0.418. The van der Waals surface area contributed by atoms with Gasteiger partial charge < -0.3 is 9.26 Å². The Balaban J connectivity index is 2.53. The van der Waals surface area contributed by atoms with Gasteiger partial charge in [-0.1, -0.05) is 0 Å². The van der Waals surface area contributed by atoms with E-state index in [1.54, 1.807) is 7.11 Å². The zero-order valence-electron chi connectivity index (χ0n) is 5.22. The van der Waals surface area contributed by atoms with E-state index in [0.717, 1.165) is 26.1 Å². The van der Waals surface area contributed by atoms with E-state index in [0.29, 0.717) is 0 Å². The second kappa shape index (κ2) is 7.35. The summed E-state index contributed by atoms with van der Waals surface area (Å²) in [6, 6.07) is 0. The van der Waals surface area contributed by atoms with Gasteiger partial charge in [-0.15, -0.1) is 0 Å². The first kappa shape index (κ1) is 8.35. The summed E-state index contributed by atoms with van der Waals surface area (Å²) in [6.07, 6.45) is 2.17. The van der Waals surface area contributed by atoms with Crippen molar-refractivity contribution in [3.63, 3.8) is 0 Å². The van der Waals surface area contributed by atoms with E-state index in [2.05, 4.69) is 9.47 Å². The van der Waals surface area contributed by atoms with Crippen molar-refractivity contribution in [2.45, 2.75) is 12.8 Å². The molecule has 0 aliphatic rings. The van der Waals surface area contributed by atoms with Gasteiger partial charge in [-0.05, 0) is 12.8 Å². The molecule has 0 aromatic carbocycles. The SMILES string of the molecule is COCCCCOP. The maximum absolute atomic E-state index is 4.83. The zero-order chi connectivity index (χ0) is 6.24. The van der Waals surface area contributed by atoms with Crippen molar-refractivity contribution in [2.24, 2.45) is 0 Å². The van der Waals surface area contributed by atoms with Gasteiger partial charge in [-0.3, -0.25) is 0 Å². The molecular formula is C5H13O2P. The highest BCUT2D eigenvalue weighted by atomic mass is 31.0. The highest BCUT2D eigenvalue weighted by Gasteiger charge is 1.83. The number of rotatable bonds is 5. The number of hydrogen-bond donors (Lipinski definition) is 0. The summed E-state index contributed by atoms with van der Waals surface area (Å²) in [4.78, 5) is 0. The van der Waals surface area contributed by atoms with Crippen molar-refractivity contribution < 1.29 is 9.26 Å². The lowest BCUT2D eigenvalue weighted by Gasteiger charge is -1.96. The minimum atomic E-state index is 0.814. The topological polar surface area (TPSA) is 18.5 Å². The first-order valence-corrected chi connectivity index (χ1v) is 3.19. The molecule has 1 atom stereocenters. The van der Waals surface area contributed by atoms with Gasteiger partial charge in [0.2, 0.25) is 0 Å². The van der Waals surface area contributed by atoms with E-state index in [9.17, 15) is 0 Å². The molecule has 0 amide bonds. The Kier molecular flexibility index (Phi) is 7.67. The summed E-state index contributed by atoms with van der Waals surface area (Å²) >= 11 is 0. The van der Waals surface area contributed by atoms with Crippen LogP contribution in [0.1, 0.15) is 12.8 Å². The largest absolute Gasteiger partial charge is 0.385 e. The molecule has 0 aromatic heterocycles. The average Bonchev–Trinajstić information content (AvgIpc) is 1.81. The van der Waals surface area contributed by atoms with Crippen LogP contribution in [0.15, 0.2) is 0 Å². The fourth-order valence-corrected chi connectivity index (χ4v) is 0.598. The lowest BCUT2D eigenvalue weighted by atomic mass is 10.3. The summed E-state index contributed by atoms with van der Waals surface area (Å²) < 4.78 is 9.58. The van der Waals surface area contributed by atoms with Crippen molar-refractivity contribution in [1.82, 2.24) is 0 Å². The first-order valence-electron chi connectivity index (χ1n) is 2.72. The van der Waals surface area contributed by atoms with Crippen molar-refractivity contribution in [3.05, 3.63) is 0 Å². The third kappa shape index (κ3) is 6.35. The Hall–Kier alpha value is 0.350. The molecule has 8 heavy (non-hydrogen) atoms. The summed E-state index contributed by atoms with van der Waals surface area (Å²) in [5.41, 5.74) is 0. The number of methoxy groups -OCH3 is 1. The molecule has 0 rings (SSSR count). The molecule has 0 fully saturated rings. The van der Waals surface area contributed by atoms with Crippen molar-refractivity contribution in [3.8, 4) is 0 Å². The van der Waals surface area contributed by atoms with Gasteiger partial charge in [-0.2, -0.15) is 0 Å². The first-order chi connectivity index (χ1) is 3.91. The molecule has 0 spiro atoms. The third-order valence-corrected chi connectivity index (χ3v) is 1.10. The maximum atomic E-state index is 4.83. The Morgan fingerprint density at radius 3 is 2.38 bits per heavy atom. The molecule has 0 aromatic rings. The van der Waals surface area contributed by atoms with Gasteiger partial charge in [0.05, 0.1) is 6.61 Å². The lowest BCUT2D eigenvalue weighted by molar-refractivity contribution is 0.186. The average molecular weight is 136 g/mol. The van der Waals surface area contributed by atoms with Crippen LogP contribution in [-0.2, 0) is 9.26 Å². The van der Waals surface area contributed by atoms with Crippen LogP contribution in [0, 0.1) is 0 Å². The molecule has 0 radical (unpaired) electrons. The van der Waals surface area contributed by atoms with Crippen LogP contribution < -0.4 is 0 Å². The van der Waals surface area contributed by atoms with E-state index in [1.165, 1.54) is 0 Å². The lowest BCUT2D eigenvalue weighted by Crippen LogP contribution is -1.90. The van der Waals surface area contributed by atoms with E-state index >= 15 is 0 Å². The molecule has 0 heterocycles. The smallest absolute Gasteiger partial charge is 0.0502 e. The van der Waals surface area contributed by atoms with Crippen LogP contribution in [0.2, 0.25) is 0 Å². The molecule has 1 unspecified atom stereocenters. The monoisotopic (exact) mass is 136 g/mol. The van der Waals surface area contributed by atoms with Crippen LogP contribution >= 0.6 is 9.47 Å². The van der Waals surface area contributed by atoms with E-state index in [4.69, 9.17) is 9.26 Å². The molecule has 0 N–H and O–H groups in total. The minimum Gasteiger partial charge on any atom is -0.385 e. The summed E-state index contributed by atoms with van der Waals surface area (Å²) in [5.74, 6) is 0. The van der Waals surface area contributed by atoms with Gasteiger partial charge in [0, 0.05) is 23.2 Å². The Morgan fingerprint density at radius 2 is 1.88 bits per heavy atom. The zero-order valence-corrected chi connectivity index (χ0v) is 6.38. The van der Waals surface area contributed by atoms with Crippen LogP contribution in [-0.4, -0.2) is 20.3 Å². The molecule has 3 heteroatoms. The minimum absolute atomic E-state index is 0.814. The second-order valence-electron chi connectivity index (χ2n) is 1.57. The van der Waals surface area contributed by atoms with Gasteiger partial charge in [-0.25, -0.2) is 0 Å². The number of hydrogen-bond acceptors (Lipinski definition) is 2. The summed E-state index contributed by atoms with van der Waals surface area (Å²) in [6.45, 7) is 1.65. The van der Waals surface area contributed by atoms with Gasteiger partial charge in [0.25, 0.3) is 0 Å².